The molecule has 1 fully saturated rings. The second-order valence-corrected chi connectivity index (χ2v) is 6.25. The van der Waals surface area contributed by atoms with E-state index in [0.717, 1.165) is 24.2 Å². The fraction of sp³-hybridized carbons (Fsp3) is 0.588. The number of benzene rings is 1. The summed E-state index contributed by atoms with van der Waals surface area (Å²) in [6.45, 7) is 8.04. The van der Waals surface area contributed by atoms with Crippen molar-refractivity contribution in [1.29, 1.82) is 0 Å². The summed E-state index contributed by atoms with van der Waals surface area (Å²) in [4.78, 5) is 14.5. The molecule has 3 heteroatoms. The van der Waals surface area contributed by atoms with E-state index in [-0.39, 0.29) is 5.91 Å². The maximum absolute atomic E-state index is 12.2. The Hall–Kier alpha value is -1.35. The van der Waals surface area contributed by atoms with Gasteiger partial charge in [0.2, 0.25) is 5.91 Å². The number of carbonyl (C=O) groups excluding carboxylic acids is 1. The Morgan fingerprint density at radius 1 is 1.35 bits per heavy atom. The van der Waals surface area contributed by atoms with Gasteiger partial charge < -0.3 is 5.32 Å². The van der Waals surface area contributed by atoms with E-state index in [1.807, 2.05) is 31.2 Å². The van der Waals surface area contributed by atoms with Gasteiger partial charge >= 0.3 is 0 Å². The summed E-state index contributed by atoms with van der Waals surface area (Å²) in [6.07, 6.45) is 3.65. The van der Waals surface area contributed by atoms with Gasteiger partial charge in [-0.3, -0.25) is 9.69 Å². The van der Waals surface area contributed by atoms with Crippen molar-refractivity contribution in [3.05, 3.63) is 29.8 Å². The van der Waals surface area contributed by atoms with Crippen LogP contribution in [-0.4, -0.2) is 29.9 Å². The van der Waals surface area contributed by atoms with Crippen molar-refractivity contribution in [3.63, 3.8) is 0 Å². The van der Waals surface area contributed by atoms with Crippen molar-refractivity contribution >= 4 is 11.6 Å². The molecule has 2 rings (SSSR count). The van der Waals surface area contributed by atoms with Gasteiger partial charge in [-0.05, 0) is 50.3 Å². The number of hydrogen-bond acceptors (Lipinski definition) is 2. The number of hydrogen-bond donors (Lipinski definition) is 1. The lowest BCUT2D eigenvalue weighted by atomic mass is 10.1. The highest BCUT2D eigenvalue weighted by Gasteiger charge is 2.30. The SMILES string of the molecule is Cc1ccccc1NC(=O)CN(CCC(C)C)C1CC1. The minimum absolute atomic E-state index is 0.106. The Balaban J connectivity index is 1.87. The van der Waals surface area contributed by atoms with Crippen LogP contribution in [0, 0.1) is 12.8 Å². The number of nitrogens with one attached hydrogen (secondary N) is 1. The molecule has 0 saturated heterocycles. The maximum Gasteiger partial charge on any atom is 0.238 e. The third-order valence-corrected chi connectivity index (χ3v) is 3.82. The number of para-hydroxylation sites is 1. The highest BCUT2D eigenvalue weighted by Crippen LogP contribution is 2.27. The Bertz CT molecular complexity index is 452. The number of aryl methyl sites for hydroxylation is 1. The molecule has 0 atom stereocenters. The zero-order valence-electron chi connectivity index (χ0n) is 12.9. The molecule has 0 aliphatic heterocycles. The van der Waals surface area contributed by atoms with Crippen LogP contribution in [0.2, 0.25) is 0 Å². The molecule has 0 radical (unpaired) electrons. The molecule has 0 bridgehead atoms. The Kier molecular flexibility index (Phi) is 5.18. The lowest BCUT2D eigenvalue weighted by molar-refractivity contribution is -0.117. The number of carbonyl (C=O) groups is 1. The molecule has 20 heavy (non-hydrogen) atoms. The number of amides is 1. The molecule has 1 N–H and O–H groups in total. The fourth-order valence-corrected chi connectivity index (χ4v) is 2.34. The Morgan fingerprint density at radius 2 is 2.05 bits per heavy atom. The Morgan fingerprint density at radius 3 is 2.65 bits per heavy atom. The summed E-state index contributed by atoms with van der Waals surface area (Å²) in [5.41, 5.74) is 2.04. The maximum atomic E-state index is 12.2. The van der Waals surface area contributed by atoms with Crippen LogP contribution < -0.4 is 5.32 Å². The first-order chi connectivity index (χ1) is 9.56. The minimum Gasteiger partial charge on any atom is -0.325 e. The van der Waals surface area contributed by atoms with Gasteiger partial charge in [-0.2, -0.15) is 0 Å². The van der Waals surface area contributed by atoms with Crippen molar-refractivity contribution in [2.45, 2.75) is 46.1 Å². The minimum atomic E-state index is 0.106. The highest BCUT2D eigenvalue weighted by molar-refractivity contribution is 5.92. The van der Waals surface area contributed by atoms with Gasteiger partial charge in [0.15, 0.2) is 0 Å². The zero-order chi connectivity index (χ0) is 14.5. The van der Waals surface area contributed by atoms with Crippen LogP contribution in [0.5, 0.6) is 0 Å². The van der Waals surface area contributed by atoms with E-state index in [0.29, 0.717) is 18.5 Å². The van der Waals surface area contributed by atoms with Crippen LogP contribution in [0.15, 0.2) is 24.3 Å². The van der Waals surface area contributed by atoms with E-state index in [2.05, 4.69) is 24.1 Å². The van der Waals surface area contributed by atoms with Gasteiger partial charge in [0.05, 0.1) is 6.54 Å². The number of anilines is 1. The van der Waals surface area contributed by atoms with E-state index < -0.39 is 0 Å². The van der Waals surface area contributed by atoms with Crippen molar-refractivity contribution in [2.75, 3.05) is 18.4 Å². The molecule has 3 nitrogen and oxygen atoms in total. The van der Waals surface area contributed by atoms with Crippen molar-refractivity contribution < 1.29 is 4.79 Å². The molecule has 110 valence electrons. The summed E-state index contributed by atoms with van der Waals surface area (Å²) in [5.74, 6) is 0.797. The normalized spacial score (nSPS) is 14.8. The average molecular weight is 274 g/mol. The number of nitrogens with zero attached hydrogens (tertiary/aromatic N) is 1. The van der Waals surface area contributed by atoms with Crippen LogP contribution in [0.25, 0.3) is 0 Å². The quantitative estimate of drug-likeness (QED) is 0.826. The largest absolute Gasteiger partial charge is 0.325 e. The average Bonchev–Trinajstić information content (AvgIpc) is 3.21. The van der Waals surface area contributed by atoms with E-state index in [1.54, 1.807) is 0 Å². The van der Waals surface area contributed by atoms with Crippen LogP contribution in [-0.2, 0) is 4.79 Å². The number of rotatable bonds is 7. The van der Waals surface area contributed by atoms with Gasteiger partial charge in [-0.25, -0.2) is 0 Å². The molecule has 1 amide bonds. The van der Waals surface area contributed by atoms with E-state index in [4.69, 9.17) is 0 Å². The van der Waals surface area contributed by atoms with Gasteiger partial charge in [-0.1, -0.05) is 32.0 Å². The van der Waals surface area contributed by atoms with Crippen LogP contribution in [0.3, 0.4) is 0 Å². The molecule has 0 aromatic heterocycles. The van der Waals surface area contributed by atoms with E-state index in [9.17, 15) is 4.79 Å². The smallest absolute Gasteiger partial charge is 0.238 e. The van der Waals surface area contributed by atoms with Crippen LogP contribution in [0.1, 0.15) is 38.7 Å². The molecule has 1 aromatic rings. The Labute approximate surface area is 122 Å². The highest BCUT2D eigenvalue weighted by atomic mass is 16.2. The van der Waals surface area contributed by atoms with E-state index in [1.165, 1.54) is 12.8 Å². The summed E-state index contributed by atoms with van der Waals surface area (Å²) in [7, 11) is 0. The molecule has 1 aromatic carbocycles. The second-order valence-electron chi connectivity index (χ2n) is 6.25. The predicted octanol–water partition coefficient (Wildman–Crippen LogP) is 3.44. The summed E-state index contributed by atoms with van der Waals surface area (Å²) < 4.78 is 0. The third-order valence-electron chi connectivity index (χ3n) is 3.82. The second kappa shape index (κ2) is 6.89. The molecule has 0 heterocycles. The van der Waals surface area contributed by atoms with Gasteiger partial charge in [-0.15, -0.1) is 0 Å². The lowest BCUT2D eigenvalue weighted by Crippen LogP contribution is -2.36. The van der Waals surface area contributed by atoms with Gasteiger partial charge in [0.25, 0.3) is 0 Å². The zero-order valence-corrected chi connectivity index (χ0v) is 12.9. The van der Waals surface area contributed by atoms with Gasteiger partial charge in [0, 0.05) is 11.7 Å². The van der Waals surface area contributed by atoms with Crippen LogP contribution in [0.4, 0.5) is 5.69 Å². The van der Waals surface area contributed by atoms with E-state index >= 15 is 0 Å². The molecular formula is C17H26N2O. The molecule has 1 aliphatic carbocycles. The lowest BCUT2D eigenvalue weighted by Gasteiger charge is -2.22. The predicted molar refractivity (Wildman–Crippen MR) is 83.9 cm³/mol. The fourth-order valence-electron chi connectivity index (χ4n) is 2.34. The molecular weight excluding hydrogens is 248 g/mol. The van der Waals surface area contributed by atoms with Crippen molar-refractivity contribution in [3.8, 4) is 0 Å². The first-order valence-electron chi connectivity index (χ1n) is 7.66. The summed E-state index contributed by atoms with van der Waals surface area (Å²) >= 11 is 0. The van der Waals surface area contributed by atoms with Gasteiger partial charge in [0.1, 0.15) is 0 Å². The van der Waals surface area contributed by atoms with Crippen LogP contribution >= 0.6 is 0 Å². The first-order valence-corrected chi connectivity index (χ1v) is 7.66. The molecule has 1 aliphatic rings. The topological polar surface area (TPSA) is 32.3 Å². The van der Waals surface area contributed by atoms with Crippen molar-refractivity contribution in [2.24, 2.45) is 5.92 Å². The summed E-state index contributed by atoms with van der Waals surface area (Å²) in [5, 5.41) is 3.03. The third kappa shape index (κ3) is 4.64. The molecule has 0 spiro atoms. The molecule has 0 unspecified atom stereocenters. The summed E-state index contributed by atoms with van der Waals surface area (Å²) in [6, 6.07) is 8.57. The monoisotopic (exact) mass is 274 g/mol. The van der Waals surface area contributed by atoms with Crippen molar-refractivity contribution in [1.82, 2.24) is 4.90 Å². The first kappa shape index (κ1) is 15.0. The molecule has 1 saturated carbocycles. The standard InChI is InChI=1S/C17H26N2O/c1-13(2)10-11-19(15-8-9-15)12-17(20)18-16-7-5-4-6-14(16)3/h4-7,13,15H,8-12H2,1-3H3,(H,18,20).